The van der Waals surface area contributed by atoms with Crippen LogP contribution >= 0.6 is 0 Å². The minimum atomic E-state index is 0.883. The van der Waals surface area contributed by atoms with Gasteiger partial charge in [-0.2, -0.15) is 0 Å². The fraction of sp³-hybridized carbons (Fsp3) is 0.100. The molecule has 0 saturated carbocycles. The molecule has 0 heterocycles. The molecule has 2 nitrogen and oxygen atoms in total. The number of nitrogens with one attached hydrogen (secondary N) is 1. The summed E-state index contributed by atoms with van der Waals surface area (Å²) in [5.74, 6) is 0. The number of benzene rings is 3. The van der Waals surface area contributed by atoms with Crippen molar-refractivity contribution in [3.05, 3.63) is 91.0 Å². The zero-order valence-corrected chi connectivity index (χ0v) is 12.5. The third-order valence-corrected chi connectivity index (χ3v) is 3.57. The number of para-hydroxylation sites is 3. The van der Waals surface area contributed by atoms with Crippen molar-refractivity contribution in [1.29, 1.82) is 0 Å². The lowest BCUT2D eigenvalue weighted by atomic mass is 10.2. The zero-order chi connectivity index (χ0) is 15.0. The van der Waals surface area contributed by atoms with Crippen molar-refractivity contribution in [1.82, 2.24) is 0 Å². The first-order chi connectivity index (χ1) is 10.9. The minimum Gasteiger partial charge on any atom is -0.383 e. The molecule has 0 atom stereocenters. The molecule has 3 aromatic rings. The quantitative estimate of drug-likeness (QED) is 0.691. The van der Waals surface area contributed by atoms with E-state index in [1.54, 1.807) is 0 Å². The van der Waals surface area contributed by atoms with Crippen LogP contribution in [-0.2, 0) is 0 Å². The van der Waals surface area contributed by atoms with Crippen LogP contribution in [0.15, 0.2) is 91.0 Å². The Morgan fingerprint density at radius 3 is 1.55 bits per heavy atom. The molecule has 2 heteroatoms. The number of anilines is 3. The van der Waals surface area contributed by atoms with Crippen molar-refractivity contribution in [2.45, 2.75) is 0 Å². The summed E-state index contributed by atoms with van der Waals surface area (Å²) in [5, 5.41) is 3.47. The monoisotopic (exact) mass is 288 g/mol. The van der Waals surface area contributed by atoms with Gasteiger partial charge in [0.2, 0.25) is 0 Å². The molecule has 0 spiro atoms. The normalized spacial score (nSPS) is 10.2. The molecule has 0 amide bonds. The van der Waals surface area contributed by atoms with Crippen molar-refractivity contribution in [3.8, 4) is 0 Å². The van der Waals surface area contributed by atoms with Gasteiger partial charge in [-0.25, -0.2) is 0 Å². The largest absolute Gasteiger partial charge is 0.383 e. The van der Waals surface area contributed by atoms with Crippen molar-refractivity contribution >= 4 is 17.1 Å². The van der Waals surface area contributed by atoms with E-state index in [-0.39, 0.29) is 0 Å². The molecule has 3 aromatic carbocycles. The predicted molar refractivity (Wildman–Crippen MR) is 94.8 cm³/mol. The molecule has 0 radical (unpaired) electrons. The number of nitrogens with zero attached hydrogens (tertiary/aromatic N) is 1. The van der Waals surface area contributed by atoms with Gasteiger partial charge in [0.25, 0.3) is 0 Å². The third-order valence-electron chi connectivity index (χ3n) is 3.57. The molecule has 0 unspecified atom stereocenters. The molecule has 0 aliphatic rings. The molecule has 3 rings (SSSR count). The molecular weight excluding hydrogens is 268 g/mol. The topological polar surface area (TPSA) is 15.3 Å². The second-order valence-corrected chi connectivity index (χ2v) is 5.12. The van der Waals surface area contributed by atoms with E-state index >= 15 is 0 Å². The average Bonchev–Trinajstić information content (AvgIpc) is 2.61. The second kappa shape index (κ2) is 7.32. The van der Waals surface area contributed by atoms with Crippen LogP contribution in [0.2, 0.25) is 0 Å². The first-order valence-corrected chi connectivity index (χ1v) is 7.60. The van der Waals surface area contributed by atoms with Crippen LogP contribution in [0.3, 0.4) is 0 Å². The minimum absolute atomic E-state index is 0.883. The highest BCUT2D eigenvalue weighted by Gasteiger charge is 2.07. The van der Waals surface area contributed by atoms with E-state index in [9.17, 15) is 0 Å². The number of hydrogen-bond acceptors (Lipinski definition) is 2. The van der Waals surface area contributed by atoms with E-state index in [0.717, 1.165) is 18.8 Å². The molecule has 22 heavy (non-hydrogen) atoms. The lowest BCUT2D eigenvalue weighted by Gasteiger charge is -2.25. The predicted octanol–water partition coefficient (Wildman–Crippen LogP) is 4.94. The van der Waals surface area contributed by atoms with Crippen LogP contribution in [0.4, 0.5) is 17.1 Å². The highest BCUT2D eigenvalue weighted by molar-refractivity contribution is 5.63. The zero-order valence-electron chi connectivity index (χ0n) is 12.5. The maximum Gasteiger partial charge on any atom is 0.0411 e. The Kier molecular flexibility index (Phi) is 4.73. The summed E-state index contributed by atoms with van der Waals surface area (Å²) < 4.78 is 0. The molecule has 0 aliphatic carbocycles. The highest BCUT2D eigenvalue weighted by Crippen LogP contribution is 2.24. The summed E-state index contributed by atoms with van der Waals surface area (Å²) in [6.45, 7) is 1.79. The molecule has 0 aliphatic heterocycles. The summed E-state index contributed by atoms with van der Waals surface area (Å²) in [6.07, 6.45) is 0. The Labute approximate surface area is 132 Å². The fourth-order valence-corrected chi connectivity index (χ4v) is 2.49. The van der Waals surface area contributed by atoms with Gasteiger partial charge in [0.15, 0.2) is 0 Å². The SMILES string of the molecule is c1ccc(NCCN(c2ccccc2)c2ccccc2)cc1. The van der Waals surface area contributed by atoms with Crippen LogP contribution in [0.5, 0.6) is 0 Å². The van der Waals surface area contributed by atoms with Crippen molar-refractivity contribution in [2.24, 2.45) is 0 Å². The Hall–Kier alpha value is -2.74. The van der Waals surface area contributed by atoms with E-state index < -0.39 is 0 Å². The van der Waals surface area contributed by atoms with E-state index in [0.29, 0.717) is 0 Å². The van der Waals surface area contributed by atoms with Gasteiger partial charge in [-0.3, -0.25) is 0 Å². The van der Waals surface area contributed by atoms with Gasteiger partial charge in [-0.15, -0.1) is 0 Å². The Balaban J connectivity index is 1.72. The molecular formula is C20H20N2. The number of hydrogen-bond donors (Lipinski definition) is 1. The average molecular weight is 288 g/mol. The fourth-order valence-electron chi connectivity index (χ4n) is 2.49. The smallest absolute Gasteiger partial charge is 0.0411 e. The summed E-state index contributed by atoms with van der Waals surface area (Å²) in [6, 6.07) is 31.3. The van der Waals surface area contributed by atoms with Gasteiger partial charge in [-0.1, -0.05) is 54.6 Å². The maximum absolute atomic E-state index is 3.47. The maximum atomic E-state index is 3.47. The van der Waals surface area contributed by atoms with Crippen molar-refractivity contribution < 1.29 is 0 Å². The summed E-state index contributed by atoms with van der Waals surface area (Å²) >= 11 is 0. The van der Waals surface area contributed by atoms with Crippen LogP contribution in [0, 0.1) is 0 Å². The standard InChI is InChI=1S/C20H20N2/c1-4-10-18(11-5-1)21-16-17-22(19-12-6-2-7-13-19)20-14-8-3-9-15-20/h1-15,21H,16-17H2. The van der Waals surface area contributed by atoms with E-state index in [4.69, 9.17) is 0 Å². The first-order valence-electron chi connectivity index (χ1n) is 7.60. The third kappa shape index (κ3) is 3.67. The van der Waals surface area contributed by atoms with Crippen molar-refractivity contribution in [2.75, 3.05) is 23.3 Å². The van der Waals surface area contributed by atoms with Gasteiger partial charge >= 0.3 is 0 Å². The van der Waals surface area contributed by atoms with Crippen LogP contribution in [0.25, 0.3) is 0 Å². The lowest BCUT2D eigenvalue weighted by molar-refractivity contribution is 0.957. The lowest BCUT2D eigenvalue weighted by Crippen LogP contribution is -2.24. The molecule has 110 valence electrons. The second-order valence-electron chi connectivity index (χ2n) is 5.12. The van der Waals surface area contributed by atoms with E-state index in [1.165, 1.54) is 11.4 Å². The van der Waals surface area contributed by atoms with Gasteiger partial charge in [0, 0.05) is 30.2 Å². The summed E-state index contributed by atoms with van der Waals surface area (Å²) in [5.41, 5.74) is 3.58. The summed E-state index contributed by atoms with van der Waals surface area (Å²) in [7, 11) is 0. The summed E-state index contributed by atoms with van der Waals surface area (Å²) in [4.78, 5) is 2.33. The molecule has 0 fully saturated rings. The van der Waals surface area contributed by atoms with Gasteiger partial charge in [0.05, 0.1) is 0 Å². The molecule has 0 bridgehead atoms. The number of rotatable bonds is 6. The van der Waals surface area contributed by atoms with Crippen LogP contribution < -0.4 is 10.2 Å². The van der Waals surface area contributed by atoms with E-state index in [1.807, 2.05) is 6.07 Å². The van der Waals surface area contributed by atoms with Gasteiger partial charge in [0.1, 0.15) is 0 Å². The van der Waals surface area contributed by atoms with Gasteiger partial charge in [-0.05, 0) is 36.4 Å². The molecule has 1 N–H and O–H groups in total. The van der Waals surface area contributed by atoms with Crippen molar-refractivity contribution in [3.63, 3.8) is 0 Å². The molecule has 0 aromatic heterocycles. The van der Waals surface area contributed by atoms with Gasteiger partial charge < -0.3 is 10.2 Å². The Morgan fingerprint density at radius 1 is 0.591 bits per heavy atom. The Morgan fingerprint density at radius 2 is 1.05 bits per heavy atom. The van der Waals surface area contributed by atoms with Crippen LogP contribution in [0.1, 0.15) is 0 Å². The highest BCUT2D eigenvalue weighted by atomic mass is 15.1. The Bertz CT molecular complexity index is 626. The van der Waals surface area contributed by atoms with Crippen LogP contribution in [-0.4, -0.2) is 13.1 Å². The molecule has 0 saturated heterocycles. The van der Waals surface area contributed by atoms with E-state index in [2.05, 4.69) is 95.1 Å². The first kappa shape index (κ1) is 14.2.